The van der Waals surface area contributed by atoms with Crippen LogP contribution in [0.15, 0.2) is 34.9 Å². The van der Waals surface area contributed by atoms with Crippen molar-refractivity contribution < 1.29 is 9.90 Å². The van der Waals surface area contributed by atoms with E-state index < -0.39 is 0 Å². The number of amides is 1. The number of carbonyl (C=O) groups excluding carboxylic acids is 1. The van der Waals surface area contributed by atoms with Gasteiger partial charge in [0.05, 0.1) is 22.9 Å². The second-order valence-electron chi connectivity index (χ2n) is 4.12. The van der Waals surface area contributed by atoms with Gasteiger partial charge in [-0.25, -0.2) is 0 Å². The fraction of sp³-hybridized carbons (Fsp3) is 0.231. The monoisotopic (exact) mass is 323 g/mol. The molecule has 19 heavy (non-hydrogen) atoms. The number of rotatable bonds is 4. The fourth-order valence-corrected chi connectivity index (χ4v) is 1.94. The van der Waals surface area contributed by atoms with Gasteiger partial charge in [-0.15, -0.1) is 0 Å². The van der Waals surface area contributed by atoms with Gasteiger partial charge in [0.15, 0.2) is 0 Å². The number of aromatic hydroxyl groups is 1. The van der Waals surface area contributed by atoms with E-state index in [1.54, 1.807) is 29.1 Å². The summed E-state index contributed by atoms with van der Waals surface area (Å²) in [5, 5.41) is 16.4. The van der Waals surface area contributed by atoms with Crippen LogP contribution in [0.4, 0.5) is 5.69 Å². The van der Waals surface area contributed by atoms with Gasteiger partial charge >= 0.3 is 0 Å². The number of phenolic OH excluding ortho intramolecular Hbond substituents is 1. The normalized spacial score (nSPS) is 10.4. The molecule has 0 spiro atoms. The molecule has 0 radical (unpaired) electrons. The van der Waals surface area contributed by atoms with E-state index in [1.807, 2.05) is 6.92 Å². The lowest BCUT2D eigenvalue weighted by molar-refractivity contribution is -0.116. The van der Waals surface area contributed by atoms with Crippen molar-refractivity contribution in [3.05, 3.63) is 40.6 Å². The molecular weight excluding hydrogens is 310 g/mol. The molecule has 0 aliphatic heterocycles. The lowest BCUT2D eigenvalue weighted by atomic mass is 10.3. The highest BCUT2D eigenvalue weighted by Gasteiger charge is 2.08. The molecule has 0 fully saturated rings. The summed E-state index contributed by atoms with van der Waals surface area (Å²) in [6.07, 6.45) is 2.00. The summed E-state index contributed by atoms with van der Waals surface area (Å²) in [4.78, 5) is 11.8. The van der Waals surface area contributed by atoms with Gasteiger partial charge in [0.25, 0.3) is 0 Å². The van der Waals surface area contributed by atoms with E-state index in [0.29, 0.717) is 18.7 Å². The number of phenols is 1. The van der Waals surface area contributed by atoms with Crippen molar-refractivity contribution >= 4 is 27.5 Å². The zero-order valence-electron chi connectivity index (χ0n) is 10.4. The molecule has 2 N–H and O–H groups in total. The second kappa shape index (κ2) is 5.88. The Morgan fingerprint density at radius 3 is 2.84 bits per heavy atom. The summed E-state index contributed by atoms with van der Waals surface area (Å²) in [5.74, 6) is -0.0959. The molecule has 1 heterocycles. The van der Waals surface area contributed by atoms with Crippen LogP contribution in [-0.2, 0) is 11.3 Å². The minimum absolute atomic E-state index is 0.0638. The van der Waals surface area contributed by atoms with Crippen LogP contribution in [0.1, 0.15) is 12.1 Å². The minimum Gasteiger partial charge on any atom is -0.506 e. The molecule has 1 aromatic carbocycles. The highest BCUT2D eigenvalue weighted by molar-refractivity contribution is 9.10. The molecule has 0 aliphatic rings. The summed E-state index contributed by atoms with van der Waals surface area (Å²) in [7, 11) is 0. The van der Waals surface area contributed by atoms with Gasteiger partial charge in [-0.05, 0) is 35.0 Å². The Morgan fingerprint density at radius 2 is 2.21 bits per heavy atom. The third kappa shape index (κ3) is 3.35. The van der Waals surface area contributed by atoms with Crippen molar-refractivity contribution in [1.29, 1.82) is 0 Å². The fourth-order valence-electron chi connectivity index (χ4n) is 1.65. The third-order valence-electron chi connectivity index (χ3n) is 2.77. The van der Waals surface area contributed by atoms with Crippen LogP contribution in [0.5, 0.6) is 5.75 Å². The summed E-state index contributed by atoms with van der Waals surface area (Å²) in [6.45, 7) is 2.43. The number of anilines is 1. The maximum Gasteiger partial charge on any atom is 0.226 e. The van der Waals surface area contributed by atoms with E-state index in [1.165, 1.54) is 6.07 Å². The van der Waals surface area contributed by atoms with Crippen LogP contribution >= 0.6 is 15.9 Å². The molecule has 1 amide bonds. The number of halogens is 1. The summed E-state index contributed by atoms with van der Waals surface area (Å²) in [5.41, 5.74) is 1.40. The van der Waals surface area contributed by atoms with E-state index in [2.05, 4.69) is 26.3 Å². The first-order valence-corrected chi connectivity index (χ1v) is 6.63. The average Bonchev–Trinajstić information content (AvgIpc) is 2.70. The molecule has 1 aromatic heterocycles. The first-order valence-electron chi connectivity index (χ1n) is 5.83. The molecule has 5 nitrogen and oxygen atoms in total. The van der Waals surface area contributed by atoms with Gasteiger partial charge in [0.2, 0.25) is 5.91 Å². The van der Waals surface area contributed by atoms with Gasteiger partial charge in [-0.1, -0.05) is 12.1 Å². The molecule has 2 rings (SSSR count). The predicted octanol–water partition coefficient (Wildman–Crippen LogP) is 2.69. The van der Waals surface area contributed by atoms with Crippen molar-refractivity contribution in [1.82, 2.24) is 9.78 Å². The first kappa shape index (κ1) is 13.6. The average molecular weight is 324 g/mol. The summed E-state index contributed by atoms with van der Waals surface area (Å²) < 4.78 is 2.68. The minimum atomic E-state index is -0.160. The van der Waals surface area contributed by atoms with Crippen molar-refractivity contribution in [2.45, 2.75) is 19.9 Å². The van der Waals surface area contributed by atoms with E-state index in [4.69, 9.17) is 0 Å². The zero-order chi connectivity index (χ0) is 13.8. The molecule has 0 saturated carbocycles. The highest BCUT2D eigenvalue weighted by Crippen LogP contribution is 2.21. The van der Waals surface area contributed by atoms with Crippen LogP contribution in [-0.4, -0.2) is 20.8 Å². The number of para-hydroxylation sites is 2. The van der Waals surface area contributed by atoms with Gasteiger partial charge in [0, 0.05) is 12.1 Å². The number of hydrogen-bond acceptors (Lipinski definition) is 3. The molecule has 6 heteroatoms. The molecule has 0 saturated heterocycles. The van der Waals surface area contributed by atoms with Gasteiger partial charge in [0.1, 0.15) is 5.75 Å². The lowest BCUT2D eigenvalue weighted by Gasteiger charge is -2.08. The van der Waals surface area contributed by atoms with E-state index in [-0.39, 0.29) is 11.7 Å². The number of carbonyl (C=O) groups is 1. The number of nitrogens with zero attached hydrogens (tertiary/aromatic N) is 2. The number of aryl methyl sites for hydroxylation is 1. The number of hydrogen-bond donors (Lipinski definition) is 2. The number of aromatic nitrogens is 2. The van der Waals surface area contributed by atoms with Crippen LogP contribution in [0, 0.1) is 6.92 Å². The van der Waals surface area contributed by atoms with Crippen molar-refractivity contribution in [3.8, 4) is 5.75 Å². The Morgan fingerprint density at radius 1 is 1.47 bits per heavy atom. The Bertz CT molecular complexity index is 595. The van der Waals surface area contributed by atoms with Gasteiger partial charge < -0.3 is 10.4 Å². The number of nitrogens with one attached hydrogen (secondary N) is 1. The van der Waals surface area contributed by atoms with Crippen molar-refractivity contribution in [3.63, 3.8) is 0 Å². The van der Waals surface area contributed by atoms with E-state index in [0.717, 1.165) is 10.2 Å². The Balaban J connectivity index is 1.92. The van der Waals surface area contributed by atoms with E-state index in [9.17, 15) is 9.90 Å². The lowest BCUT2D eigenvalue weighted by Crippen LogP contribution is -2.15. The predicted molar refractivity (Wildman–Crippen MR) is 76.0 cm³/mol. The molecule has 0 bridgehead atoms. The Kier molecular flexibility index (Phi) is 4.21. The quantitative estimate of drug-likeness (QED) is 0.850. The Hall–Kier alpha value is -1.82. The summed E-state index contributed by atoms with van der Waals surface area (Å²) in [6, 6.07) is 6.65. The van der Waals surface area contributed by atoms with Crippen LogP contribution in [0.3, 0.4) is 0 Å². The molecule has 0 aliphatic carbocycles. The van der Waals surface area contributed by atoms with Gasteiger partial charge in [-0.3, -0.25) is 9.48 Å². The van der Waals surface area contributed by atoms with Crippen molar-refractivity contribution in [2.75, 3.05) is 5.32 Å². The van der Waals surface area contributed by atoms with Crippen LogP contribution in [0.2, 0.25) is 0 Å². The zero-order valence-corrected chi connectivity index (χ0v) is 12.0. The maximum absolute atomic E-state index is 11.8. The topological polar surface area (TPSA) is 67.2 Å². The van der Waals surface area contributed by atoms with Crippen molar-refractivity contribution in [2.24, 2.45) is 0 Å². The highest BCUT2D eigenvalue weighted by atomic mass is 79.9. The molecular formula is C13H14BrN3O2. The smallest absolute Gasteiger partial charge is 0.226 e. The molecule has 0 atom stereocenters. The van der Waals surface area contributed by atoms with E-state index >= 15 is 0 Å². The molecule has 2 aromatic rings. The SMILES string of the molecule is Cc1c(Br)cnn1CCC(=O)Nc1ccccc1O. The first-order chi connectivity index (χ1) is 9.08. The maximum atomic E-state index is 11.8. The number of benzene rings is 1. The largest absolute Gasteiger partial charge is 0.506 e. The standard InChI is InChI=1S/C13H14BrN3O2/c1-9-10(14)8-15-17(9)7-6-13(19)16-11-4-2-3-5-12(11)18/h2-5,8,18H,6-7H2,1H3,(H,16,19). The van der Waals surface area contributed by atoms with Crippen LogP contribution < -0.4 is 5.32 Å². The molecule has 0 unspecified atom stereocenters. The van der Waals surface area contributed by atoms with Gasteiger partial charge in [-0.2, -0.15) is 5.10 Å². The summed E-state index contributed by atoms with van der Waals surface area (Å²) >= 11 is 3.37. The molecule has 100 valence electrons. The third-order valence-corrected chi connectivity index (χ3v) is 3.55. The second-order valence-corrected chi connectivity index (χ2v) is 4.97. The van der Waals surface area contributed by atoms with Crippen LogP contribution in [0.25, 0.3) is 0 Å². The Labute approximate surface area is 119 Å².